The van der Waals surface area contributed by atoms with Crippen LogP contribution in [0.4, 0.5) is 0 Å². The number of hydrogen-bond acceptors (Lipinski definition) is 2. The van der Waals surface area contributed by atoms with Crippen molar-refractivity contribution < 1.29 is 9.53 Å². The molecule has 1 rings (SSSR count). The van der Waals surface area contributed by atoms with Gasteiger partial charge in [-0.1, -0.05) is 19.8 Å². The molecular weight excluding hydrogens is 142 g/mol. The van der Waals surface area contributed by atoms with Crippen molar-refractivity contribution in [3.8, 4) is 0 Å². The van der Waals surface area contributed by atoms with Gasteiger partial charge in [-0.05, 0) is 6.42 Å². The molecule has 1 saturated heterocycles. The Morgan fingerprint density at radius 3 is 3.09 bits per heavy atom. The van der Waals surface area contributed by atoms with Gasteiger partial charge in [-0.2, -0.15) is 0 Å². The van der Waals surface area contributed by atoms with Gasteiger partial charge in [0.25, 0.3) is 0 Å². The van der Waals surface area contributed by atoms with Gasteiger partial charge in [-0.25, -0.2) is 0 Å². The van der Waals surface area contributed by atoms with E-state index >= 15 is 0 Å². The van der Waals surface area contributed by atoms with Crippen molar-refractivity contribution in [3.05, 3.63) is 0 Å². The third-order valence-electron chi connectivity index (χ3n) is 1.86. The lowest BCUT2D eigenvalue weighted by Gasteiger charge is -2.22. The van der Waals surface area contributed by atoms with Crippen LogP contribution in [0.15, 0.2) is 0 Å². The summed E-state index contributed by atoms with van der Waals surface area (Å²) < 4.78 is 5.28. The quantitative estimate of drug-likeness (QED) is 0.654. The van der Waals surface area contributed by atoms with Gasteiger partial charge in [-0.3, -0.25) is 4.79 Å². The molecule has 1 N–H and O–H groups in total. The lowest BCUT2D eigenvalue weighted by atomic mass is 10.1. The predicted molar refractivity (Wildman–Crippen MR) is 42.3 cm³/mol. The fraction of sp³-hybridized carbons (Fsp3) is 0.875. The number of carbonyl (C=O) groups is 1. The zero-order valence-corrected chi connectivity index (χ0v) is 6.93. The molecule has 0 aromatic rings. The Labute approximate surface area is 67.1 Å². The standard InChI is InChI=1S/C8H15NO2/c1-2-3-4-7-5-9-8(10)6-11-7/h7H,2-6H2,1H3,(H,9,10). The van der Waals surface area contributed by atoms with Gasteiger partial charge in [0.15, 0.2) is 0 Å². The SMILES string of the molecule is CCCCC1CNC(=O)CO1. The molecule has 1 unspecified atom stereocenters. The van der Waals surface area contributed by atoms with E-state index in [1.54, 1.807) is 0 Å². The van der Waals surface area contributed by atoms with E-state index in [0.717, 1.165) is 6.42 Å². The molecule has 1 heterocycles. The summed E-state index contributed by atoms with van der Waals surface area (Å²) in [5.41, 5.74) is 0. The maximum atomic E-state index is 10.6. The number of carbonyl (C=O) groups excluding carboxylic acids is 1. The Morgan fingerprint density at radius 1 is 1.73 bits per heavy atom. The Balaban J connectivity index is 2.12. The van der Waals surface area contributed by atoms with E-state index in [1.165, 1.54) is 12.8 Å². The van der Waals surface area contributed by atoms with Gasteiger partial charge in [0, 0.05) is 6.54 Å². The lowest BCUT2D eigenvalue weighted by molar-refractivity contribution is -0.133. The summed E-state index contributed by atoms with van der Waals surface area (Å²) >= 11 is 0. The summed E-state index contributed by atoms with van der Waals surface area (Å²) in [6.07, 6.45) is 3.69. The first-order valence-electron chi connectivity index (χ1n) is 4.21. The van der Waals surface area contributed by atoms with Gasteiger partial charge in [-0.15, -0.1) is 0 Å². The van der Waals surface area contributed by atoms with Gasteiger partial charge >= 0.3 is 0 Å². The molecule has 0 aromatic carbocycles. The van der Waals surface area contributed by atoms with Crippen molar-refractivity contribution in [1.29, 1.82) is 0 Å². The van der Waals surface area contributed by atoms with Crippen LogP contribution in [0, 0.1) is 0 Å². The minimum absolute atomic E-state index is 0.0118. The predicted octanol–water partition coefficient (Wildman–Crippen LogP) is 0.692. The summed E-state index contributed by atoms with van der Waals surface area (Å²) in [5, 5.41) is 2.78. The zero-order chi connectivity index (χ0) is 8.10. The van der Waals surface area contributed by atoms with Crippen molar-refractivity contribution in [2.24, 2.45) is 0 Å². The summed E-state index contributed by atoms with van der Waals surface area (Å²) in [5.74, 6) is 0.0118. The summed E-state index contributed by atoms with van der Waals surface area (Å²) in [7, 11) is 0. The largest absolute Gasteiger partial charge is 0.367 e. The third kappa shape index (κ3) is 2.89. The average molecular weight is 157 g/mol. The average Bonchev–Trinajstić information content (AvgIpc) is 2.04. The highest BCUT2D eigenvalue weighted by Gasteiger charge is 2.16. The van der Waals surface area contributed by atoms with E-state index in [1.807, 2.05) is 0 Å². The topological polar surface area (TPSA) is 38.3 Å². The minimum atomic E-state index is 0.0118. The van der Waals surface area contributed by atoms with Crippen LogP contribution in [0.3, 0.4) is 0 Å². The highest BCUT2D eigenvalue weighted by molar-refractivity contribution is 5.77. The molecule has 1 aliphatic rings. The summed E-state index contributed by atoms with van der Waals surface area (Å²) in [6.45, 7) is 3.09. The maximum absolute atomic E-state index is 10.6. The number of rotatable bonds is 3. The first-order chi connectivity index (χ1) is 5.33. The van der Waals surface area contributed by atoms with Crippen LogP contribution in [0.5, 0.6) is 0 Å². The van der Waals surface area contributed by atoms with E-state index in [9.17, 15) is 4.79 Å². The van der Waals surface area contributed by atoms with Gasteiger partial charge in [0.05, 0.1) is 6.10 Å². The zero-order valence-electron chi connectivity index (χ0n) is 6.93. The Morgan fingerprint density at radius 2 is 2.55 bits per heavy atom. The van der Waals surface area contributed by atoms with Gasteiger partial charge < -0.3 is 10.1 Å². The fourth-order valence-corrected chi connectivity index (χ4v) is 1.15. The van der Waals surface area contributed by atoms with Crippen LogP contribution < -0.4 is 5.32 Å². The Bertz CT molecular complexity index is 126. The van der Waals surface area contributed by atoms with Crippen molar-refractivity contribution in [3.63, 3.8) is 0 Å². The molecule has 1 aliphatic heterocycles. The van der Waals surface area contributed by atoms with E-state index in [0.29, 0.717) is 6.54 Å². The maximum Gasteiger partial charge on any atom is 0.246 e. The van der Waals surface area contributed by atoms with Crippen molar-refractivity contribution in [2.75, 3.05) is 13.2 Å². The van der Waals surface area contributed by atoms with Gasteiger partial charge in [0.2, 0.25) is 5.91 Å². The molecule has 1 atom stereocenters. The second-order valence-electron chi connectivity index (χ2n) is 2.88. The minimum Gasteiger partial charge on any atom is -0.367 e. The smallest absolute Gasteiger partial charge is 0.246 e. The second-order valence-corrected chi connectivity index (χ2v) is 2.88. The highest BCUT2D eigenvalue weighted by Crippen LogP contribution is 2.06. The number of hydrogen-bond donors (Lipinski definition) is 1. The molecule has 11 heavy (non-hydrogen) atoms. The second kappa shape index (κ2) is 4.34. The van der Waals surface area contributed by atoms with Crippen LogP contribution in [-0.2, 0) is 9.53 Å². The number of ether oxygens (including phenoxy) is 1. The lowest BCUT2D eigenvalue weighted by Crippen LogP contribution is -2.42. The Hall–Kier alpha value is -0.570. The highest BCUT2D eigenvalue weighted by atomic mass is 16.5. The molecule has 0 bridgehead atoms. The Kier molecular flexibility index (Phi) is 3.36. The molecule has 0 spiro atoms. The third-order valence-corrected chi connectivity index (χ3v) is 1.86. The molecular formula is C8H15NO2. The monoisotopic (exact) mass is 157 g/mol. The van der Waals surface area contributed by atoms with Crippen LogP contribution in [0.25, 0.3) is 0 Å². The number of nitrogens with one attached hydrogen (secondary N) is 1. The molecule has 0 aromatic heterocycles. The van der Waals surface area contributed by atoms with E-state index < -0.39 is 0 Å². The molecule has 1 fully saturated rings. The number of morpholine rings is 1. The normalized spacial score (nSPS) is 24.8. The van der Waals surface area contributed by atoms with Crippen molar-refractivity contribution in [2.45, 2.75) is 32.3 Å². The number of unbranched alkanes of at least 4 members (excludes halogenated alkanes) is 1. The number of amides is 1. The van der Waals surface area contributed by atoms with Crippen molar-refractivity contribution >= 4 is 5.91 Å². The van der Waals surface area contributed by atoms with Crippen LogP contribution in [0.2, 0.25) is 0 Å². The molecule has 3 nitrogen and oxygen atoms in total. The first-order valence-corrected chi connectivity index (χ1v) is 4.21. The van der Waals surface area contributed by atoms with Crippen LogP contribution in [-0.4, -0.2) is 25.2 Å². The van der Waals surface area contributed by atoms with E-state index in [4.69, 9.17) is 4.74 Å². The molecule has 64 valence electrons. The molecule has 0 radical (unpaired) electrons. The molecule has 0 aliphatic carbocycles. The van der Waals surface area contributed by atoms with E-state index in [2.05, 4.69) is 12.2 Å². The fourth-order valence-electron chi connectivity index (χ4n) is 1.15. The van der Waals surface area contributed by atoms with Gasteiger partial charge in [0.1, 0.15) is 6.61 Å². The van der Waals surface area contributed by atoms with E-state index in [-0.39, 0.29) is 18.6 Å². The molecule has 0 saturated carbocycles. The summed E-state index contributed by atoms with van der Waals surface area (Å²) in [6, 6.07) is 0. The first kappa shape index (κ1) is 8.53. The molecule has 3 heteroatoms. The summed E-state index contributed by atoms with van der Waals surface area (Å²) in [4.78, 5) is 10.6. The van der Waals surface area contributed by atoms with Crippen LogP contribution >= 0.6 is 0 Å². The van der Waals surface area contributed by atoms with Crippen molar-refractivity contribution in [1.82, 2.24) is 5.32 Å². The molecule has 1 amide bonds. The van der Waals surface area contributed by atoms with Crippen LogP contribution in [0.1, 0.15) is 26.2 Å².